The quantitative estimate of drug-likeness (QED) is 0.703. The molecule has 0 spiro atoms. The zero-order valence-electron chi connectivity index (χ0n) is 9.24. The van der Waals surface area contributed by atoms with Crippen molar-refractivity contribution in [1.82, 2.24) is 5.32 Å². The summed E-state index contributed by atoms with van der Waals surface area (Å²) in [5, 5.41) is 2.96. The molecule has 0 aromatic heterocycles. The lowest BCUT2D eigenvalue weighted by molar-refractivity contribution is -0.131. The second kappa shape index (κ2) is 4.49. The van der Waals surface area contributed by atoms with Crippen LogP contribution in [0, 0.1) is 11.8 Å². The Morgan fingerprint density at radius 3 is 2.80 bits per heavy atom. The standard InChI is InChI=1S/C11H20N2O2/c1-7-4-8(7)6-13-11(14)10-3-2-9(5-12)15-10/h7-10H,2-6,12H2,1H3,(H,13,14). The van der Waals surface area contributed by atoms with Crippen molar-refractivity contribution in [3.8, 4) is 0 Å². The normalized spacial score (nSPS) is 39.1. The predicted molar refractivity (Wildman–Crippen MR) is 57.2 cm³/mol. The third-order valence-corrected chi connectivity index (χ3v) is 3.48. The van der Waals surface area contributed by atoms with Gasteiger partial charge in [-0.2, -0.15) is 0 Å². The van der Waals surface area contributed by atoms with Gasteiger partial charge in [0, 0.05) is 13.1 Å². The van der Waals surface area contributed by atoms with Crippen LogP contribution < -0.4 is 11.1 Å². The van der Waals surface area contributed by atoms with Crippen LogP contribution in [0.2, 0.25) is 0 Å². The van der Waals surface area contributed by atoms with Gasteiger partial charge in [-0.1, -0.05) is 6.92 Å². The minimum Gasteiger partial charge on any atom is -0.364 e. The van der Waals surface area contributed by atoms with Gasteiger partial charge in [0.2, 0.25) is 5.91 Å². The Hall–Kier alpha value is -0.610. The number of hydrogen-bond donors (Lipinski definition) is 2. The second-order valence-corrected chi connectivity index (χ2v) is 4.78. The van der Waals surface area contributed by atoms with Crippen molar-refractivity contribution in [2.24, 2.45) is 17.6 Å². The highest BCUT2D eigenvalue weighted by molar-refractivity contribution is 5.81. The summed E-state index contributed by atoms with van der Waals surface area (Å²) < 4.78 is 5.51. The first-order valence-electron chi connectivity index (χ1n) is 5.84. The maximum atomic E-state index is 11.7. The van der Waals surface area contributed by atoms with Crippen LogP contribution in [0.15, 0.2) is 0 Å². The Morgan fingerprint density at radius 1 is 1.53 bits per heavy atom. The fourth-order valence-corrected chi connectivity index (χ4v) is 2.10. The van der Waals surface area contributed by atoms with Crippen LogP contribution in [0.25, 0.3) is 0 Å². The van der Waals surface area contributed by atoms with Crippen molar-refractivity contribution < 1.29 is 9.53 Å². The van der Waals surface area contributed by atoms with Gasteiger partial charge in [-0.05, 0) is 31.1 Å². The van der Waals surface area contributed by atoms with E-state index in [1.54, 1.807) is 0 Å². The molecule has 3 N–H and O–H groups in total. The number of nitrogens with two attached hydrogens (primary N) is 1. The lowest BCUT2D eigenvalue weighted by Gasteiger charge is -2.12. The molecular weight excluding hydrogens is 192 g/mol. The molecule has 0 aromatic carbocycles. The Labute approximate surface area is 90.5 Å². The van der Waals surface area contributed by atoms with E-state index in [2.05, 4.69) is 12.2 Å². The van der Waals surface area contributed by atoms with Gasteiger partial charge in [0.25, 0.3) is 0 Å². The zero-order valence-corrected chi connectivity index (χ0v) is 9.24. The molecule has 0 radical (unpaired) electrons. The van der Waals surface area contributed by atoms with E-state index in [9.17, 15) is 4.79 Å². The molecule has 86 valence electrons. The molecule has 4 heteroatoms. The molecule has 1 heterocycles. The lowest BCUT2D eigenvalue weighted by Crippen LogP contribution is -2.36. The van der Waals surface area contributed by atoms with Gasteiger partial charge >= 0.3 is 0 Å². The van der Waals surface area contributed by atoms with E-state index in [4.69, 9.17) is 10.5 Å². The van der Waals surface area contributed by atoms with Gasteiger partial charge in [-0.3, -0.25) is 4.79 Å². The van der Waals surface area contributed by atoms with Crippen LogP contribution in [0.3, 0.4) is 0 Å². The summed E-state index contributed by atoms with van der Waals surface area (Å²) in [7, 11) is 0. The van der Waals surface area contributed by atoms with Crippen LogP contribution in [0.5, 0.6) is 0 Å². The monoisotopic (exact) mass is 212 g/mol. The average molecular weight is 212 g/mol. The van der Waals surface area contributed by atoms with E-state index >= 15 is 0 Å². The Bertz CT molecular complexity index is 245. The number of hydrogen-bond acceptors (Lipinski definition) is 3. The van der Waals surface area contributed by atoms with Crippen molar-refractivity contribution in [2.45, 2.75) is 38.4 Å². The van der Waals surface area contributed by atoms with Crippen molar-refractivity contribution in [3.63, 3.8) is 0 Å². The number of amides is 1. The molecule has 15 heavy (non-hydrogen) atoms. The number of carbonyl (C=O) groups is 1. The van der Waals surface area contributed by atoms with Gasteiger partial charge in [-0.25, -0.2) is 0 Å². The van der Waals surface area contributed by atoms with Crippen molar-refractivity contribution >= 4 is 5.91 Å². The summed E-state index contributed by atoms with van der Waals surface area (Å²) in [6.45, 7) is 3.55. The van der Waals surface area contributed by atoms with Crippen molar-refractivity contribution in [2.75, 3.05) is 13.1 Å². The predicted octanol–water partition coefficient (Wildman–Crippen LogP) is 0.265. The maximum absolute atomic E-state index is 11.7. The number of carbonyl (C=O) groups excluding carboxylic acids is 1. The highest BCUT2D eigenvalue weighted by Gasteiger charge is 2.34. The van der Waals surface area contributed by atoms with E-state index in [0.29, 0.717) is 12.5 Å². The molecule has 0 aromatic rings. The molecule has 1 aliphatic carbocycles. The molecule has 4 atom stereocenters. The van der Waals surface area contributed by atoms with E-state index in [1.165, 1.54) is 6.42 Å². The average Bonchev–Trinajstić information content (AvgIpc) is 2.78. The van der Waals surface area contributed by atoms with Gasteiger partial charge in [-0.15, -0.1) is 0 Å². The van der Waals surface area contributed by atoms with E-state index in [0.717, 1.165) is 25.3 Å². The van der Waals surface area contributed by atoms with Crippen LogP contribution >= 0.6 is 0 Å². The van der Waals surface area contributed by atoms with Gasteiger partial charge in [0.15, 0.2) is 0 Å². The molecule has 1 saturated carbocycles. The van der Waals surface area contributed by atoms with Gasteiger partial charge < -0.3 is 15.8 Å². The number of rotatable bonds is 4. The van der Waals surface area contributed by atoms with E-state index in [1.807, 2.05) is 0 Å². The first-order valence-corrected chi connectivity index (χ1v) is 5.84. The van der Waals surface area contributed by atoms with Crippen LogP contribution in [0.1, 0.15) is 26.2 Å². The highest BCUT2D eigenvalue weighted by atomic mass is 16.5. The minimum absolute atomic E-state index is 0.0463. The number of nitrogens with one attached hydrogen (secondary N) is 1. The maximum Gasteiger partial charge on any atom is 0.249 e. The Morgan fingerprint density at radius 2 is 2.27 bits per heavy atom. The molecule has 2 rings (SSSR count). The smallest absolute Gasteiger partial charge is 0.249 e. The molecular formula is C11H20N2O2. The van der Waals surface area contributed by atoms with E-state index < -0.39 is 0 Å². The molecule has 4 nitrogen and oxygen atoms in total. The van der Waals surface area contributed by atoms with Crippen molar-refractivity contribution in [1.29, 1.82) is 0 Å². The minimum atomic E-state index is -0.257. The SMILES string of the molecule is CC1CC1CNC(=O)C1CCC(CN)O1. The van der Waals surface area contributed by atoms with Crippen LogP contribution in [-0.4, -0.2) is 31.2 Å². The topological polar surface area (TPSA) is 64.4 Å². The third-order valence-electron chi connectivity index (χ3n) is 3.48. The molecule has 1 amide bonds. The summed E-state index contributed by atoms with van der Waals surface area (Å²) >= 11 is 0. The van der Waals surface area contributed by atoms with Crippen molar-refractivity contribution in [3.05, 3.63) is 0 Å². The van der Waals surface area contributed by atoms with Gasteiger partial charge in [0.1, 0.15) is 6.10 Å². The fourth-order valence-electron chi connectivity index (χ4n) is 2.10. The largest absolute Gasteiger partial charge is 0.364 e. The molecule has 2 aliphatic rings. The summed E-state index contributed by atoms with van der Waals surface area (Å²) in [6, 6.07) is 0. The first kappa shape index (κ1) is 10.9. The van der Waals surface area contributed by atoms with Crippen LogP contribution in [0.4, 0.5) is 0 Å². The molecule has 2 fully saturated rings. The number of ether oxygens (including phenoxy) is 1. The Balaban J connectivity index is 1.67. The molecule has 4 unspecified atom stereocenters. The molecule has 1 saturated heterocycles. The van der Waals surface area contributed by atoms with E-state index in [-0.39, 0.29) is 18.1 Å². The van der Waals surface area contributed by atoms with Crippen LogP contribution in [-0.2, 0) is 9.53 Å². The summed E-state index contributed by atoms with van der Waals surface area (Å²) in [5.41, 5.74) is 5.49. The lowest BCUT2D eigenvalue weighted by atomic mass is 10.2. The second-order valence-electron chi connectivity index (χ2n) is 4.78. The fraction of sp³-hybridized carbons (Fsp3) is 0.909. The first-order chi connectivity index (χ1) is 7.20. The molecule has 1 aliphatic heterocycles. The third kappa shape index (κ3) is 2.69. The summed E-state index contributed by atoms with van der Waals surface area (Å²) in [6.07, 6.45) is 2.80. The highest BCUT2D eigenvalue weighted by Crippen LogP contribution is 2.36. The Kier molecular flexibility index (Phi) is 3.26. The zero-order chi connectivity index (χ0) is 10.8. The van der Waals surface area contributed by atoms with Gasteiger partial charge in [0.05, 0.1) is 6.10 Å². The summed E-state index contributed by atoms with van der Waals surface area (Å²) in [5.74, 6) is 1.53. The molecule has 0 bridgehead atoms. The summed E-state index contributed by atoms with van der Waals surface area (Å²) in [4.78, 5) is 11.7.